The Morgan fingerprint density at radius 1 is 1.15 bits per heavy atom. The third-order valence-electron chi connectivity index (χ3n) is 5.86. The number of hydrogen-bond donors (Lipinski definition) is 0. The molecule has 3 heterocycles. The van der Waals surface area contributed by atoms with E-state index in [2.05, 4.69) is 4.98 Å². The van der Waals surface area contributed by atoms with Gasteiger partial charge in [-0.3, -0.25) is 4.79 Å². The average Bonchev–Trinajstić information content (AvgIpc) is 3.32. The molecule has 0 saturated carbocycles. The van der Waals surface area contributed by atoms with E-state index in [4.69, 9.17) is 9.15 Å². The second-order valence-corrected chi connectivity index (χ2v) is 9.65. The SMILES string of the molecule is CN(CC1CCN(C(=O)c2cc(-c3ccco3)nc3ccccc23)CC1)C(=O)OC(C)(C)C. The highest BCUT2D eigenvalue weighted by Crippen LogP contribution is 2.28. The van der Waals surface area contributed by atoms with Crippen molar-refractivity contribution in [2.75, 3.05) is 26.7 Å². The molecular weight excluding hydrogens is 418 g/mol. The van der Waals surface area contributed by atoms with Crippen molar-refractivity contribution in [2.24, 2.45) is 5.92 Å². The fourth-order valence-corrected chi connectivity index (χ4v) is 4.19. The Morgan fingerprint density at radius 3 is 2.55 bits per heavy atom. The minimum Gasteiger partial charge on any atom is -0.463 e. The topological polar surface area (TPSA) is 75.9 Å². The first-order valence-corrected chi connectivity index (χ1v) is 11.4. The number of rotatable bonds is 4. The molecule has 1 aliphatic heterocycles. The molecule has 3 aromatic rings. The summed E-state index contributed by atoms with van der Waals surface area (Å²) in [5, 5.41) is 0.838. The van der Waals surface area contributed by atoms with Crippen LogP contribution in [0.5, 0.6) is 0 Å². The van der Waals surface area contributed by atoms with E-state index in [0.29, 0.717) is 42.6 Å². The highest BCUT2D eigenvalue weighted by molar-refractivity contribution is 6.07. The van der Waals surface area contributed by atoms with Crippen molar-refractivity contribution >= 4 is 22.9 Å². The smallest absolute Gasteiger partial charge is 0.410 e. The van der Waals surface area contributed by atoms with Gasteiger partial charge in [0, 0.05) is 32.1 Å². The molecule has 33 heavy (non-hydrogen) atoms. The summed E-state index contributed by atoms with van der Waals surface area (Å²) in [6.07, 6.45) is 2.97. The van der Waals surface area contributed by atoms with E-state index >= 15 is 0 Å². The van der Waals surface area contributed by atoms with Crippen LogP contribution in [0.1, 0.15) is 44.0 Å². The number of carbonyl (C=O) groups excluding carboxylic acids is 2. The van der Waals surface area contributed by atoms with E-state index in [-0.39, 0.29) is 12.0 Å². The van der Waals surface area contributed by atoms with Gasteiger partial charge in [0.2, 0.25) is 0 Å². The molecular formula is C26H31N3O4. The number of likely N-dealkylation sites (tertiary alicyclic amines) is 1. The number of nitrogens with zero attached hydrogens (tertiary/aromatic N) is 3. The van der Waals surface area contributed by atoms with Gasteiger partial charge in [0.25, 0.3) is 5.91 Å². The summed E-state index contributed by atoms with van der Waals surface area (Å²) in [5.74, 6) is 0.971. The Kier molecular flexibility index (Phi) is 6.40. The Bertz CT molecular complexity index is 1130. The Balaban J connectivity index is 1.45. The molecule has 1 aromatic carbocycles. The summed E-state index contributed by atoms with van der Waals surface area (Å²) in [6.45, 7) is 7.52. The number of benzene rings is 1. The van der Waals surface area contributed by atoms with Gasteiger partial charge in [0.15, 0.2) is 5.76 Å². The van der Waals surface area contributed by atoms with E-state index in [1.807, 2.05) is 68.1 Å². The number of fused-ring (bicyclic) bond motifs is 1. The molecule has 0 spiro atoms. The van der Waals surface area contributed by atoms with Crippen LogP contribution in [0.3, 0.4) is 0 Å². The minimum atomic E-state index is -0.511. The predicted octanol–water partition coefficient (Wildman–Crippen LogP) is 5.21. The highest BCUT2D eigenvalue weighted by atomic mass is 16.6. The minimum absolute atomic E-state index is 0.000327. The van der Waals surface area contributed by atoms with Crippen LogP contribution in [0.15, 0.2) is 53.1 Å². The summed E-state index contributed by atoms with van der Waals surface area (Å²) in [4.78, 5) is 34.0. The van der Waals surface area contributed by atoms with E-state index in [1.165, 1.54) is 0 Å². The molecule has 0 bridgehead atoms. The Labute approximate surface area is 194 Å². The molecule has 1 fully saturated rings. The zero-order valence-electron chi connectivity index (χ0n) is 19.7. The third-order valence-corrected chi connectivity index (χ3v) is 5.86. The number of aromatic nitrogens is 1. The van der Waals surface area contributed by atoms with Crippen LogP contribution in [-0.4, -0.2) is 59.1 Å². The Morgan fingerprint density at radius 2 is 1.88 bits per heavy atom. The second-order valence-electron chi connectivity index (χ2n) is 9.65. The number of amides is 2. The normalized spacial score (nSPS) is 15.0. The van der Waals surface area contributed by atoms with Crippen molar-refractivity contribution in [3.8, 4) is 11.5 Å². The largest absolute Gasteiger partial charge is 0.463 e. The van der Waals surface area contributed by atoms with Crippen molar-refractivity contribution in [1.29, 1.82) is 0 Å². The van der Waals surface area contributed by atoms with Gasteiger partial charge < -0.3 is 19.0 Å². The quantitative estimate of drug-likeness (QED) is 0.546. The second kappa shape index (κ2) is 9.25. The van der Waals surface area contributed by atoms with Crippen molar-refractivity contribution < 1.29 is 18.7 Å². The molecule has 0 unspecified atom stereocenters. The standard InChI is InChI=1S/C26H31N3O4/c1-26(2,3)33-25(31)28(4)17-18-11-13-29(14-12-18)24(30)20-16-22(23-10-7-15-32-23)27-21-9-6-5-8-19(20)21/h5-10,15-16,18H,11-14,17H2,1-4H3. The predicted molar refractivity (Wildman–Crippen MR) is 127 cm³/mol. The molecule has 2 aromatic heterocycles. The van der Waals surface area contributed by atoms with Crippen LogP contribution in [0.4, 0.5) is 4.79 Å². The molecule has 174 valence electrons. The maximum absolute atomic E-state index is 13.5. The van der Waals surface area contributed by atoms with E-state index in [0.717, 1.165) is 23.7 Å². The van der Waals surface area contributed by atoms with Crippen LogP contribution in [0.25, 0.3) is 22.4 Å². The molecule has 0 aliphatic carbocycles. The lowest BCUT2D eigenvalue weighted by Gasteiger charge is -2.34. The summed E-state index contributed by atoms with van der Waals surface area (Å²) < 4.78 is 11.0. The highest BCUT2D eigenvalue weighted by Gasteiger charge is 2.28. The number of pyridine rings is 1. The van der Waals surface area contributed by atoms with Crippen LogP contribution >= 0.6 is 0 Å². The van der Waals surface area contributed by atoms with E-state index in [1.54, 1.807) is 18.2 Å². The molecule has 7 nitrogen and oxygen atoms in total. The molecule has 0 N–H and O–H groups in total. The molecule has 4 rings (SSSR count). The van der Waals surface area contributed by atoms with Crippen molar-refractivity contribution in [2.45, 2.75) is 39.2 Å². The van der Waals surface area contributed by atoms with Gasteiger partial charge in [0.1, 0.15) is 11.3 Å². The number of para-hydroxylation sites is 1. The van der Waals surface area contributed by atoms with Gasteiger partial charge in [-0.15, -0.1) is 0 Å². The molecule has 2 amide bonds. The lowest BCUT2D eigenvalue weighted by molar-refractivity contribution is 0.0246. The fraction of sp³-hybridized carbons (Fsp3) is 0.423. The lowest BCUT2D eigenvalue weighted by atomic mass is 9.95. The summed E-state index contributed by atoms with van der Waals surface area (Å²) in [5.41, 5.74) is 1.54. The first-order valence-electron chi connectivity index (χ1n) is 11.4. The van der Waals surface area contributed by atoms with Crippen LogP contribution < -0.4 is 0 Å². The Hall–Kier alpha value is -3.35. The van der Waals surface area contributed by atoms with Crippen LogP contribution in [0, 0.1) is 5.92 Å². The van der Waals surface area contributed by atoms with Crippen molar-refractivity contribution in [3.63, 3.8) is 0 Å². The van der Waals surface area contributed by atoms with Crippen molar-refractivity contribution in [1.82, 2.24) is 14.8 Å². The molecule has 0 atom stereocenters. The zero-order valence-corrected chi connectivity index (χ0v) is 19.7. The zero-order chi connectivity index (χ0) is 23.6. The van der Waals surface area contributed by atoms with Gasteiger partial charge >= 0.3 is 6.09 Å². The summed E-state index contributed by atoms with van der Waals surface area (Å²) in [7, 11) is 1.77. The summed E-state index contributed by atoms with van der Waals surface area (Å²) in [6, 6.07) is 13.2. The monoisotopic (exact) mass is 449 g/mol. The number of piperidine rings is 1. The molecule has 7 heteroatoms. The first kappa shape index (κ1) is 22.8. The summed E-state index contributed by atoms with van der Waals surface area (Å²) >= 11 is 0. The fourth-order valence-electron chi connectivity index (χ4n) is 4.19. The number of hydrogen-bond acceptors (Lipinski definition) is 5. The van der Waals surface area contributed by atoms with Gasteiger partial charge in [-0.25, -0.2) is 9.78 Å². The van der Waals surface area contributed by atoms with Gasteiger partial charge in [-0.1, -0.05) is 18.2 Å². The van der Waals surface area contributed by atoms with E-state index in [9.17, 15) is 9.59 Å². The molecule has 1 saturated heterocycles. The number of carbonyl (C=O) groups is 2. The maximum Gasteiger partial charge on any atom is 0.410 e. The van der Waals surface area contributed by atoms with Gasteiger partial charge in [-0.05, 0) is 63.8 Å². The molecule has 1 aliphatic rings. The number of ether oxygens (including phenoxy) is 1. The maximum atomic E-state index is 13.5. The van der Waals surface area contributed by atoms with Crippen LogP contribution in [0.2, 0.25) is 0 Å². The van der Waals surface area contributed by atoms with Gasteiger partial charge in [-0.2, -0.15) is 0 Å². The number of furan rings is 1. The lowest BCUT2D eigenvalue weighted by Crippen LogP contribution is -2.43. The van der Waals surface area contributed by atoms with Gasteiger partial charge in [0.05, 0.1) is 17.3 Å². The van der Waals surface area contributed by atoms with Crippen LogP contribution in [-0.2, 0) is 4.74 Å². The third kappa shape index (κ3) is 5.35. The first-order chi connectivity index (χ1) is 15.7. The molecule has 0 radical (unpaired) electrons. The van der Waals surface area contributed by atoms with E-state index < -0.39 is 5.60 Å². The average molecular weight is 450 g/mol. The van der Waals surface area contributed by atoms with Crippen molar-refractivity contribution in [3.05, 3.63) is 54.3 Å².